The zero-order valence-electron chi connectivity index (χ0n) is 21.0. The number of nitrogens with zero attached hydrogens (tertiary/aromatic N) is 1. The molecule has 0 radical (unpaired) electrons. The molecule has 8 nitrogen and oxygen atoms in total. The number of benzene rings is 3. The molecule has 1 heterocycles. The number of rotatable bonds is 10. The van der Waals surface area contributed by atoms with E-state index >= 15 is 0 Å². The molecule has 2 atom stereocenters. The van der Waals surface area contributed by atoms with Crippen LogP contribution in [-0.2, 0) is 22.4 Å². The predicted molar refractivity (Wildman–Crippen MR) is 143 cm³/mol. The highest BCUT2D eigenvalue weighted by molar-refractivity contribution is 5.98. The van der Waals surface area contributed by atoms with Gasteiger partial charge in [0.2, 0.25) is 11.8 Å². The molecule has 1 fully saturated rings. The van der Waals surface area contributed by atoms with Crippen molar-refractivity contribution in [3.63, 3.8) is 0 Å². The molecule has 1 saturated heterocycles. The number of hydrogen-bond donors (Lipinski definition) is 3. The van der Waals surface area contributed by atoms with Crippen LogP contribution in [-0.4, -0.2) is 59.9 Å². The molecule has 0 aliphatic carbocycles. The van der Waals surface area contributed by atoms with Gasteiger partial charge in [-0.15, -0.1) is 0 Å². The van der Waals surface area contributed by atoms with Crippen molar-refractivity contribution in [1.82, 2.24) is 15.5 Å². The average Bonchev–Trinajstić information content (AvgIpc) is 3.40. The maximum atomic E-state index is 13.2. The van der Waals surface area contributed by atoms with Gasteiger partial charge in [0.15, 0.2) is 0 Å². The summed E-state index contributed by atoms with van der Waals surface area (Å²) in [5.74, 6) is -3.33. The normalized spacial score (nSPS) is 16.6. The summed E-state index contributed by atoms with van der Waals surface area (Å²) in [6.07, 6.45) is 1.32. The predicted octanol–water partition coefficient (Wildman–Crippen LogP) is 2.79. The first-order valence-electron chi connectivity index (χ1n) is 12.7. The number of aromatic carboxylic acids is 1. The molecular formula is C30H31N3O5. The van der Waals surface area contributed by atoms with E-state index in [4.69, 9.17) is 5.11 Å². The Labute approximate surface area is 221 Å². The molecule has 0 spiro atoms. The minimum Gasteiger partial charge on any atom is -0.478 e. The summed E-state index contributed by atoms with van der Waals surface area (Å²) in [7, 11) is 0. The van der Waals surface area contributed by atoms with Gasteiger partial charge in [-0.05, 0) is 48.2 Å². The highest BCUT2D eigenvalue weighted by atomic mass is 16.4. The monoisotopic (exact) mass is 513 g/mol. The molecule has 38 heavy (non-hydrogen) atoms. The van der Waals surface area contributed by atoms with Gasteiger partial charge in [0.25, 0.3) is 5.91 Å². The lowest BCUT2D eigenvalue weighted by molar-refractivity contribution is -0.132. The van der Waals surface area contributed by atoms with Crippen molar-refractivity contribution in [3.05, 3.63) is 107 Å². The summed E-state index contributed by atoms with van der Waals surface area (Å²) in [5.41, 5.74) is 2.57. The van der Waals surface area contributed by atoms with Crippen LogP contribution < -0.4 is 10.6 Å². The molecule has 3 amide bonds. The molecule has 8 heteroatoms. The second-order valence-corrected chi connectivity index (χ2v) is 9.36. The van der Waals surface area contributed by atoms with Crippen molar-refractivity contribution < 1.29 is 24.3 Å². The molecule has 1 aliphatic heterocycles. The number of likely N-dealkylation sites (tertiary alicyclic amines) is 1. The molecule has 0 bridgehead atoms. The van der Waals surface area contributed by atoms with E-state index in [0.29, 0.717) is 31.5 Å². The molecule has 3 aromatic rings. The van der Waals surface area contributed by atoms with Gasteiger partial charge in [-0.2, -0.15) is 0 Å². The van der Waals surface area contributed by atoms with E-state index in [1.54, 1.807) is 0 Å². The largest absolute Gasteiger partial charge is 0.478 e. The first-order chi connectivity index (χ1) is 18.4. The smallest absolute Gasteiger partial charge is 0.335 e. The van der Waals surface area contributed by atoms with E-state index in [1.165, 1.54) is 29.2 Å². The van der Waals surface area contributed by atoms with E-state index in [-0.39, 0.29) is 36.4 Å². The summed E-state index contributed by atoms with van der Waals surface area (Å²) < 4.78 is 0. The van der Waals surface area contributed by atoms with Crippen molar-refractivity contribution in [3.8, 4) is 0 Å². The van der Waals surface area contributed by atoms with Crippen LogP contribution >= 0.6 is 0 Å². The Morgan fingerprint density at radius 3 is 1.50 bits per heavy atom. The van der Waals surface area contributed by atoms with E-state index in [1.807, 2.05) is 60.7 Å². The molecule has 0 unspecified atom stereocenters. The van der Waals surface area contributed by atoms with Crippen LogP contribution in [0.25, 0.3) is 0 Å². The fraction of sp³-hybridized carbons (Fsp3) is 0.267. The van der Waals surface area contributed by atoms with Crippen LogP contribution in [0, 0.1) is 11.8 Å². The molecule has 1 aliphatic rings. The Kier molecular flexibility index (Phi) is 8.87. The van der Waals surface area contributed by atoms with Crippen LogP contribution in [0.3, 0.4) is 0 Å². The van der Waals surface area contributed by atoms with Crippen molar-refractivity contribution in [1.29, 1.82) is 0 Å². The molecular weight excluding hydrogens is 482 g/mol. The molecule has 0 aromatic heterocycles. The zero-order chi connectivity index (χ0) is 26.9. The second-order valence-electron chi connectivity index (χ2n) is 9.36. The lowest BCUT2D eigenvalue weighted by atomic mass is 9.94. The third-order valence-corrected chi connectivity index (χ3v) is 6.77. The second kappa shape index (κ2) is 12.7. The quantitative estimate of drug-likeness (QED) is 0.386. The third kappa shape index (κ3) is 6.85. The maximum absolute atomic E-state index is 13.2. The molecule has 3 N–H and O–H groups in total. The lowest BCUT2D eigenvalue weighted by Crippen LogP contribution is -2.42. The fourth-order valence-corrected chi connectivity index (χ4v) is 4.65. The summed E-state index contributed by atoms with van der Waals surface area (Å²) >= 11 is 0. The fourth-order valence-electron chi connectivity index (χ4n) is 4.65. The van der Waals surface area contributed by atoms with Gasteiger partial charge in [0, 0.05) is 31.7 Å². The number of amides is 3. The molecule has 196 valence electrons. The standard InChI is InChI=1S/C30H31N3O5/c34-27(31-17-15-21-7-3-1-4-8-21)25-19-33(29(36)23-11-13-24(14-12-23)30(37)38)20-26(25)28(35)32-18-16-22-9-5-2-6-10-22/h1-14,25-26H,15-20H2,(H,31,34)(H,32,35)(H,37,38)/t25-,26-/m1/s1. The van der Waals surface area contributed by atoms with Gasteiger partial charge in [0.1, 0.15) is 0 Å². The Morgan fingerprint density at radius 1 is 0.658 bits per heavy atom. The van der Waals surface area contributed by atoms with E-state index in [9.17, 15) is 19.2 Å². The summed E-state index contributed by atoms with van der Waals surface area (Å²) in [6, 6.07) is 25.2. The Balaban J connectivity index is 1.42. The number of hydrogen-bond acceptors (Lipinski definition) is 4. The Hall–Kier alpha value is -4.46. The Bertz CT molecular complexity index is 1200. The number of carbonyl (C=O) groups is 4. The molecule has 0 saturated carbocycles. The summed E-state index contributed by atoms with van der Waals surface area (Å²) in [6.45, 7) is 1.06. The average molecular weight is 514 g/mol. The molecule has 4 rings (SSSR count). The van der Waals surface area contributed by atoms with Crippen LogP contribution in [0.4, 0.5) is 0 Å². The van der Waals surface area contributed by atoms with Gasteiger partial charge >= 0.3 is 5.97 Å². The van der Waals surface area contributed by atoms with Gasteiger partial charge in [-0.3, -0.25) is 14.4 Å². The van der Waals surface area contributed by atoms with Crippen molar-refractivity contribution >= 4 is 23.7 Å². The highest BCUT2D eigenvalue weighted by Gasteiger charge is 2.43. The minimum absolute atomic E-state index is 0.0781. The van der Waals surface area contributed by atoms with Crippen LogP contribution in [0.5, 0.6) is 0 Å². The number of nitrogens with one attached hydrogen (secondary N) is 2. The van der Waals surface area contributed by atoms with Gasteiger partial charge in [-0.1, -0.05) is 60.7 Å². The summed E-state index contributed by atoms with van der Waals surface area (Å²) in [5, 5.41) is 15.0. The van der Waals surface area contributed by atoms with E-state index < -0.39 is 17.8 Å². The number of carbonyl (C=O) groups excluding carboxylic acids is 3. The highest BCUT2D eigenvalue weighted by Crippen LogP contribution is 2.26. The third-order valence-electron chi connectivity index (χ3n) is 6.77. The number of carboxylic acid groups (broad SMARTS) is 1. The zero-order valence-corrected chi connectivity index (χ0v) is 21.0. The first-order valence-corrected chi connectivity index (χ1v) is 12.7. The lowest BCUT2D eigenvalue weighted by Gasteiger charge is -2.17. The van der Waals surface area contributed by atoms with E-state index in [2.05, 4.69) is 10.6 Å². The first kappa shape index (κ1) is 26.6. The molecule has 3 aromatic carbocycles. The van der Waals surface area contributed by atoms with Crippen LogP contribution in [0.1, 0.15) is 31.8 Å². The van der Waals surface area contributed by atoms with Gasteiger partial charge in [0.05, 0.1) is 17.4 Å². The van der Waals surface area contributed by atoms with Gasteiger partial charge in [-0.25, -0.2) is 4.79 Å². The van der Waals surface area contributed by atoms with Crippen LogP contribution in [0.15, 0.2) is 84.9 Å². The van der Waals surface area contributed by atoms with Gasteiger partial charge < -0.3 is 20.6 Å². The maximum Gasteiger partial charge on any atom is 0.335 e. The minimum atomic E-state index is -1.08. The van der Waals surface area contributed by atoms with Crippen molar-refractivity contribution in [2.75, 3.05) is 26.2 Å². The van der Waals surface area contributed by atoms with E-state index in [0.717, 1.165) is 11.1 Å². The van der Waals surface area contributed by atoms with Crippen molar-refractivity contribution in [2.24, 2.45) is 11.8 Å². The van der Waals surface area contributed by atoms with Crippen molar-refractivity contribution in [2.45, 2.75) is 12.8 Å². The topological polar surface area (TPSA) is 116 Å². The Morgan fingerprint density at radius 2 is 1.08 bits per heavy atom. The number of carboxylic acids is 1. The summed E-state index contributed by atoms with van der Waals surface area (Å²) in [4.78, 5) is 52.2. The van der Waals surface area contributed by atoms with Crippen LogP contribution in [0.2, 0.25) is 0 Å². The SMILES string of the molecule is O=C(O)c1ccc(C(=O)N2C[C@@H](C(=O)NCCc3ccccc3)[C@H](C(=O)NCCc3ccccc3)C2)cc1.